The highest BCUT2D eigenvalue weighted by Gasteiger charge is 2.21. The number of benzene rings is 1. The van der Waals surface area contributed by atoms with Crippen molar-refractivity contribution in [2.45, 2.75) is 20.0 Å². The molecule has 0 radical (unpaired) electrons. The molecule has 1 heterocycles. The topological polar surface area (TPSA) is 50.4 Å². The number of aryl methyl sites for hydroxylation is 2. The van der Waals surface area contributed by atoms with Crippen LogP contribution in [0.2, 0.25) is 0 Å². The summed E-state index contributed by atoms with van der Waals surface area (Å²) in [5.41, 5.74) is 3.06. The normalized spacial score (nSPS) is 20.0. The summed E-state index contributed by atoms with van der Waals surface area (Å²) in [7, 11) is 0. The maximum Gasteiger partial charge on any atom is 0.254 e. The highest BCUT2D eigenvalue weighted by Crippen LogP contribution is 2.16. The van der Waals surface area contributed by atoms with Crippen molar-refractivity contribution in [1.29, 1.82) is 0 Å². The number of hydrogen-bond donors (Lipinski definition) is 2. The largest absolute Gasteiger partial charge is 0.366 e. The van der Waals surface area contributed by atoms with Gasteiger partial charge < -0.3 is 15.4 Å². The molecule has 1 fully saturated rings. The van der Waals surface area contributed by atoms with Crippen molar-refractivity contribution in [2.75, 3.05) is 25.0 Å². The lowest BCUT2D eigenvalue weighted by Crippen LogP contribution is -2.45. The van der Waals surface area contributed by atoms with Crippen molar-refractivity contribution in [2.24, 2.45) is 0 Å². The average Bonchev–Trinajstić information content (AvgIpc) is 2.35. The van der Waals surface area contributed by atoms with Crippen LogP contribution < -0.4 is 10.6 Å². The summed E-state index contributed by atoms with van der Waals surface area (Å²) in [5.74, 6) is -0.0779. The van der Waals surface area contributed by atoms with Gasteiger partial charge in [0.25, 0.3) is 5.91 Å². The van der Waals surface area contributed by atoms with Gasteiger partial charge in [0.05, 0.1) is 6.61 Å². The van der Waals surface area contributed by atoms with Crippen LogP contribution in [0.5, 0.6) is 0 Å². The molecule has 0 bridgehead atoms. The van der Waals surface area contributed by atoms with Crippen molar-refractivity contribution in [3.05, 3.63) is 29.3 Å². The molecule has 0 aliphatic carbocycles. The number of amides is 1. The Bertz CT molecular complexity index is 412. The SMILES string of the molecule is Cc1ccc(C)c(NC(=O)C2CNCCO2)c1. The second-order valence-electron chi connectivity index (χ2n) is 4.37. The van der Waals surface area contributed by atoms with E-state index < -0.39 is 0 Å². The lowest BCUT2D eigenvalue weighted by molar-refractivity contribution is -0.128. The second kappa shape index (κ2) is 5.29. The fourth-order valence-corrected chi connectivity index (χ4v) is 1.82. The van der Waals surface area contributed by atoms with Gasteiger partial charge in [-0.1, -0.05) is 12.1 Å². The zero-order valence-electron chi connectivity index (χ0n) is 10.2. The van der Waals surface area contributed by atoms with E-state index in [4.69, 9.17) is 4.74 Å². The van der Waals surface area contributed by atoms with Crippen LogP contribution in [0.25, 0.3) is 0 Å². The van der Waals surface area contributed by atoms with Crippen molar-refractivity contribution in [3.8, 4) is 0 Å². The summed E-state index contributed by atoms with van der Waals surface area (Å²) in [5, 5.41) is 6.06. The molecule has 1 aliphatic heterocycles. The van der Waals surface area contributed by atoms with E-state index in [1.54, 1.807) is 0 Å². The molecule has 92 valence electrons. The van der Waals surface area contributed by atoms with Crippen LogP contribution >= 0.6 is 0 Å². The molecule has 0 spiro atoms. The predicted octanol–water partition coefficient (Wildman–Crippen LogP) is 1.23. The van der Waals surface area contributed by atoms with Gasteiger partial charge in [-0.3, -0.25) is 4.79 Å². The van der Waals surface area contributed by atoms with Gasteiger partial charge in [-0.25, -0.2) is 0 Å². The molecule has 4 heteroatoms. The molecule has 1 amide bonds. The number of carbonyl (C=O) groups excluding carboxylic acids is 1. The first kappa shape index (κ1) is 12.1. The van der Waals surface area contributed by atoms with Gasteiger partial charge in [0, 0.05) is 18.8 Å². The number of morpholine rings is 1. The molecule has 1 unspecified atom stereocenters. The van der Waals surface area contributed by atoms with E-state index in [9.17, 15) is 4.79 Å². The van der Waals surface area contributed by atoms with E-state index in [1.807, 2.05) is 32.0 Å². The lowest BCUT2D eigenvalue weighted by atomic mass is 10.1. The Hall–Kier alpha value is -1.39. The van der Waals surface area contributed by atoms with Crippen LogP contribution in [0.15, 0.2) is 18.2 Å². The van der Waals surface area contributed by atoms with Gasteiger partial charge in [0.2, 0.25) is 0 Å². The Kier molecular flexibility index (Phi) is 3.76. The van der Waals surface area contributed by atoms with E-state index >= 15 is 0 Å². The number of nitrogens with one attached hydrogen (secondary N) is 2. The zero-order valence-corrected chi connectivity index (χ0v) is 10.2. The summed E-state index contributed by atoms with van der Waals surface area (Å²) >= 11 is 0. The Labute approximate surface area is 101 Å². The van der Waals surface area contributed by atoms with E-state index in [1.165, 1.54) is 0 Å². The smallest absolute Gasteiger partial charge is 0.254 e. The molecule has 2 N–H and O–H groups in total. The summed E-state index contributed by atoms with van der Waals surface area (Å²) in [6.07, 6.45) is -0.385. The van der Waals surface area contributed by atoms with Gasteiger partial charge in [-0.15, -0.1) is 0 Å². The van der Waals surface area contributed by atoms with E-state index in [0.29, 0.717) is 13.2 Å². The Morgan fingerprint density at radius 1 is 1.47 bits per heavy atom. The molecule has 0 saturated carbocycles. The third-order valence-corrected chi connectivity index (χ3v) is 2.87. The van der Waals surface area contributed by atoms with E-state index in [-0.39, 0.29) is 12.0 Å². The highest BCUT2D eigenvalue weighted by molar-refractivity contribution is 5.95. The van der Waals surface area contributed by atoms with Gasteiger partial charge in [-0.05, 0) is 31.0 Å². The maximum absolute atomic E-state index is 12.0. The molecule has 1 aliphatic rings. The molecular formula is C13H18N2O2. The number of carbonyl (C=O) groups is 1. The maximum atomic E-state index is 12.0. The van der Waals surface area contributed by atoms with Crippen molar-refractivity contribution < 1.29 is 9.53 Å². The van der Waals surface area contributed by atoms with Crippen LogP contribution in [0, 0.1) is 13.8 Å². The Morgan fingerprint density at radius 3 is 3.00 bits per heavy atom. The van der Waals surface area contributed by atoms with Gasteiger partial charge >= 0.3 is 0 Å². The third kappa shape index (κ3) is 3.05. The fourth-order valence-electron chi connectivity index (χ4n) is 1.82. The van der Waals surface area contributed by atoms with Gasteiger partial charge in [0.15, 0.2) is 0 Å². The summed E-state index contributed by atoms with van der Waals surface area (Å²) in [6, 6.07) is 6.01. The minimum Gasteiger partial charge on any atom is -0.366 e. The quantitative estimate of drug-likeness (QED) is 0.809. The Morgan fingerprint density at radius 2 is 2.29 bits per heavy atom. The molecular weight excluding hydrogens is 216 g/mol. The minimum absolute atomic E-state index is 0.0779. The second-order valence-corrected chi connectivity index (χ2v) is 4.37. The lowest BCUT2D eigenvalue weighted by Gasteiger charge is -2.23. The highest BCUT2D eigenvalue weighted by atomic mass is 16.5. The molecule has 2 rings (SSSR count). The van der Waals surface area contributed by atoms with E-state index in [2.05, 4.69) is 10.6 Å². The minimum atomic E-state index is -0.385. The van der Waals surface area contributed by atoms with Crippen LogP contribution in [-0.2, 0) is 9.53 Å². The standard InChI is InChI=1S/C13H18N2O2/c1-9-3-4-10(2)11(7-9)15-13(16)12-8-14-5-6-17-12/h3-4,7,12,14H,5-6,8H2,1-2H3,(H,15,16). The van der Waals surface area contributed by atoms with Crippen molar-refractivity contribution >= 4 is 11.6 Å². The monoisotopic (exact) mass is 234 g/mol. The summed E-state index contributed by atoms with van der Waals surface area (Å²) in [4.78, 5) is 12.0. The fraction of sp³-hybridized carbons (Fsp3) is 0.462. The first-order valence-corrected chi connectivity index (χ1v) is 5.87. The first-order chi connectivity index (χ1) is 8.16. The molecule has 1 aromatic rings. The predicted molar refractivity (Wildman–Crippen MR) is 67.2 cm³/mol. The van der Waals surface area contributed by atoms with Gasteiger partial charge in [-0.2, -0.15) is 0 Å². The summed E-state index contributed by atoms with van der Waals surface area (Å²) < 4.78 is 5.41. The van der Waals surface area contributed by atoms with E-state index in [0.717, 1.165) is 23.4 Å². The zero-order chi connectivity index (χ0) is 12.3. The van der Waals surface area contributed by atoms with Crippen LogP contribution in [-0.4, -0.2) is 31.7 Å². The van der Waals surface area contributed by atoms with Crippen LogP contribution in [0.1, 0.15) is 11.1 Å². The Balaban J connectivity index is 2.04. The summed E-state index contributed by atoms with van der Waals surface area (Å²) in [6.45, 7) is 5.97. The number of rotatable bonds is 2. The van der Waals surface area contributed by atoms with Crippen molar-refractivity contribution in [1.82, 2.24) is 5.32 Å². The number of ether oxygens (including phenoxy) is 1. The molecule has 1 atom stereocenters. The van der Waals surface area contributed by atoms with Crippen LogP contribution in [0.3, 0.4) is 0 Å². The molecule has 1 saturated heterocycles. The van der Waals surface area contributed by atoms with Crippen LogP contribution in [0.4, 0.5) is 5.69 Å². The molecule has 17 heavy (non-hydrogen) atoms. The first-order valence-electron chi connectivity index (χ1n) is 5.87. The van der Waals surface area contributed by atoms with Gasteiger partial charge in [0.1, 0.15) is 6.10 Å². The molecule has 1 aromatic carbocycles. The molecule has 4 nitrogen and oxygen atoms in total. The number of anilines is 1. The number of hydrogen-bond acceptors (Lipinski definition) is 3. The third-order valence-electron chi connectivity index (χ3n) is 2.87. The average molecular weight is 234 g/mol. The molecule has 0 aromatic heterocycles. The van der Waals surface area contributed by atoms with Crippen molar-refractivity contribution in [3.63, 3.8) is 0 Å².